The summed E-state index contributed by atoms with van der Waals surface area (Å²) in [4.78, 5) is 14.9. The highest BCUT2D eigenvalue weighted by atomic mass is 16.7. The molecule has 4 rings (SSSR count). The minimum absolute atomic E-state index is 0.152. The molecule has 25 heavy (non-hydrogen) atoms. The van der Waals surface area contributed by atoms with Crippen LogP contribution in [-0.2, 0) is 0 Å². The number of nitrogens with one attached hydrogen (secondary N) is 1. The lowest BCUT2D eigenvalue weighted by molar-refractivity contribution is 0.102. The maximum Gasteiger partial charge on any atom is 0.255 e. The highest BCUT2D eigenvalue weighted by Gasteiger charge is 2.16. The van der Waals surface area contributed by atoms with Crippen LogP contribution >= 0.6 is 0 Å². The van der Waals surface area contributed by atoms with Crippen LogP contribution in [0.2, 0.25) is 0 Å². The summed E-state index contributed by atoms with van der Waals surface area (Å²) in [6.07, 6.45) is 5.14. The number of amides is 1. The number of anilines is 2. The first-order valence-electron chi connectivity index (χ1n) is 8.86. The molecule has 1 N–H and O–H groups in total. The molecule has 0 unspecified atom stereocenters. The van der Waals surface area contributed by atoms with Gasteiger partial charge in [0, 0.05) is 30.0 Å². The topological polar surface area (TPSA) is 50.8 Å². The van der Waals surface area contributed by atoms with Crippen LogP contribution < -0.4 is 19.7 Å². The second kappa shape index (κ2) is 7.05. The molecule has 0 bridgehead atoms. The number of hydrogen-bond donors (Lipinski definition) is 1. The number of ether oxygens (including phenoxy) is 2. The predicted molar refractivity (Wildman–Crippen MR) is 97.6 cm³/mol. The van der Waals surface area contributed by atoms with E-state index < -0.39 is 0 Å². The van der Waals surface area contributed by atoms with E-state index in [1.54, 1.807) is 18.2 Å². The number of hydrogen-bond acceptors (Lipinski definition) is 4. The van der Waals surface area contributed by atoms with E-state index in [9.17, 15) is 4.79 Å². The van der Waals surface area contributed by atoms with Gasteiger partial charge in [0.05, 0.1) is 0 Å². The van der Waals surface area contributed by atoms with Gasteiger partial charge in [0.2, 0.25) is 6.79 Å². The van der Waals surface area contributed by atoms with Gasteiger partial charge in [0.1, 0.15) is 0 Å². The maximum atomic E-state index is 12.4. The Morgan fingerprint density at radius 2 is 1.60 bits per heavy atom. The van der Waals surface area contributed by atoms with Crippen molar-refractivity contribution >= 4 is 17.3 Å². The molecule has 2 aliphatic heterocycles. The van der Waals surface area contributed by atoms with E-state index in [2.05, 4.69) is 22.3 Å². The van der Waals surface area contributed by atoms with Crippen molar-refractivity contribution in [2.75, 3.05) is 30.1 Å². The minimum Gasteiger partial charge on any atom is -0.454 e. The third-order valence-corrected chi connectivity index (χ3v) is 4.73. The van der Waals surface area contributed by atoms with Gasteiger partial charge in [-0.3, -0.25) is 4.79 Å². The summed E-state index contributed by atoms with van der Waals surface area (Å²) in [7, 11) is 0. The summed E-state index contributed by atoms with van der Waals surface area (Å²) < 4.78 is 10.6. The smallest absolute Gasteiger partial charge is 0.255 e. The Morgan fingerprint density at radius 1 is 0.880 bits per heavy atom. The van der Waals surface area contributed by atoms with E-state index in [4.69, 9.17) is 9.47 Å². The molecule has 2 aromatic carbocycles. The first-order chi connectivity index (χ1) is 12.3. The van der Waals surface area contributed by atoms with Crippen molar-refractivity contribution in [3.05, 3.63) is 48.0 Å². The van der Waals surface area contributed by atoms with Gasteiger partial charge in [-0.15, -0.1) is 0 Å². The van der Waals surface area contributed by atoms with E-state index in [1.165, 1.54) is 31.4 Å². The molecule has 1 fully saturated rings. The molecular formula is C20H22N2O3. The molecule has 0 aliphatic carbocycles. The molecule has 5 heteroatoms. The minimum atomic E-state index is -0.152. The maximum absolute atomic E-state index is 12.4. The summed E-state index contributed by atoms with van der Waals surface area (Å²) in [6.45, 7) is 2.43. The first-order valence-corrected chi connectivity index (χ1v) is 8.86. The Bertz CT molecular complexity index is 750. The molecule has 0 radical (unpaired) electrons. The average molecular weight is 338 g/mol. The molecular weight excluding hydrogens is 316 g/mol. The van der Waals surface area contributed by atoms with Crippen molar-refractivity contribution in [3.8, 4) is 11.5 Å². The lowest BCUT2D eigenvalue weighted by Gasteiger charge is -2.22. The van der Waals surface area contributed by atoms with Crippen molar-refractivity contribution < 1.29 is 14.3 Å². The summed E-state index contributed by atoms with van der Waals surface area (Å²) >= 11 is 0. The highest BCUT2D eigenvalue weighted by molar-refractivity contribution is 6.04. The van der Waals surface area contributed by atoms with Gasteiger partial charge in [0.25, 0.3) is 5.91 Å². The van der Waals surface area contributed by atoms with Crippen LogP contribution in [0, 0.1) is 0 Å². The van der Waals surface area contributed by atoms with Crippen molar-refractivity contribution in [1.29, 1.82) is 0 Å². The largest absolute Gasteiger partial charge is 0.454 e. The van der Waals surface area contributed by atoms with Gasteiger partial charge < -0.3 is 19.7 Å². The molecule has 0 saturated carbocycles. The molecule has 0 atom stereocenters. The number of fused-ring (bicyclic) bond motifs is 1. The van der Waals surface area contributed by atoms with Crippen molar-refractivity contribution in [3.63, 3.8) is 0 Å². The number of carbonyl (C=O) groups excluding carboxylic acids is 1. The molecule has 5 nitrogen and oxygen atoms in total. The monoisotopic (exact) mass is 338 g/mol. The fraction of sp³-hybridized carbons (Fsp3) is 0.350. The van der Waals surface area contributed by atoms with Gasteiger partial charge in [-0.1, -0.05) is 12.8 Å². The summed E-state index contributed by atoms with van der Waals surface area (Å²) in [5.41, 5.74) is 2.57. The van der Waals surface area contributed by atoms with Crippen LogP contribution in [0.5, 0.6) is 11.5 Å². The second-order valence-electron chi connectivity index (χ2n) is 6.47. The Labute approximate surface area is 147 Å². The fourth-order valence-corrected chi connectivity index (χ4v) is 3.33. The van der Waals surface area contributed by atoms with E-state index in [1.807, 2.05) is 12.1 Å². The SMILES string of the molecule is O=C(Nc1ccc(N2CCCCCC2)cc1)c1ccc2c(c1)OCO2. The molecule has 1 amide bonds. The number of rotatable bonds is 3. The summed E-state index contributed by atoms with van der Waals surface area (Å²) in [5, 5.41) is 2.94. The second-order valence-corrected chi connectivity index (χ2v) is 6.47. The number of carbonyl (C=O) groups is 1. The van der Waals surface area contributed by atoms with Gasteiger partial charge in [0.15, 0.2) is 11.5 Å². The van der Waals surface area contributed by atoms with Crippen LogP contribution in [0.1, 0.15) is 36.0 Å². The normalized spacial score (nSPS) is 16.4. The standard InChI is InChI=1S/C20H22N2O3/c23-20(15-5-10-18-19(13-15)25-14-24-18)21-16-6-8-17(9-7-16)22-11-3-1-2-4-12-22/h5-10,13H,1-4,11-12,14H2,(H,21,23). The van der Waals surface area contributed by atoms with Gasteiger partial charge in [-0.2, -0.15) is 0 Å². The predicted octanol–water partition coefficient (Wildman–Crippen LogP) is 4.05. The Morgan fingerprint density at radius 3 is 2.36 bits per heavy atom. The zero-order valence-electron chi connectivity index (χ0n) is 14.2. The summed E-state index contributed by atoms with van der Waals surface area (Å²) in [6, 6.07) is 13.3. The van der Waals surface area contributed by atoms with E-state index in [-0.39, 0.29) is 12.7 Å². The van der Waals surface area contributed by atoms with E-state index >= 15 is 0 Å². The number of benzene rings is 2. The highest BCUT2D eigenvalue weighted by Crippen LogP contribution is 2.32. The average Bonchev–Trinajstić information content (AvgIpc) is 2.94. The molecule has 0 spiro atoms. The molecule has 1 saturated heterocycles. The Hall–Kier alpha value is -2.69. The molecule has 2 aromatic rings. The van der Waals surface area contributed by atoms with Gasteiger partial charge in [-0.25, -0.2) is 0 Å². The van der Waals surface area contributed by atoms with Crippen molar-refractivity contribution in [1.82, 2.24) is 0 Å². The third-order valence-electron chi connectivity index (χ3n) is 4.73. The van der Waals surface area contributed by atoms with Crippen LogP contribution in [0.3, 0.4) is 0 Å². The van der Waals surface area contributed by atoms with Crippen molar-refractivity contribution in [2.45, 2.75) is 25.7 Å². The van der Waals surface area contributed by atoms with Crippen molar-refractivity contribution in [2.24, 2.45) is 0 Å². The van der Waals surface area contributed by atoms with Crippen LogP contribution in [0.15, 0.2) is 42.5 Å². The lowest BCUT2D eigenvalue weighted by Crippen LogP contribution is -2.23. The summed E-state index contributed by atoms with van der Waals surface area (Å²) in [5.74, 6) is 1.14. The Kier molecular flexibility index (Phi) is 4.46. The lowest BCUT2D eigenvalue weighted by atomic mass is 10.2. The quantitative estimate of drug-likeness (QED) is 0.917. The molecule has 2 aliphatic rings. The third kappa shape index (κ3) is 3.55. The van der Waals surface area contributed by atoms with Gasteiger partial charge in [-0.05, 0) is 55.3 Å². The molecule has 130 valence electrons. The zero-order valence-corrected chi connectivity index (χ0v) is 14.2. The van der Waals surface area contributed by atoms with E-state index in [0.717, 1.165) is 18.8 Å². The Balaban J connectivity index is 1.43. The zero-order chi connectivity index (χ0) is 17.1. The first kappa shape index (κ1) is 15.8. The molecule has 2 heterocycles. The van der Waals surface area contributed by atoms with Gasteiger partial charge >= 0.3 is 0 Å². The van der Waals surface area contributed by atoms with Crippen LogP contribution in [-0.4, -0.2) is 25.8 Å². The van der Waals surface area contributed by atoms with Crippen LogP contribution in [0.25, 0.3) is 0 Å². The molecule has 0 aromatic heterocycles. The van der Waals surface area contributed by atoms with Crippen LogP contribution in [0.4, 0.5) is 11.4 Å². The fourth-order valence-electron chi connectivity index (χ4n) is 3.33. The van der Waals surface area contributed by atoms with E-state index in [0.29, 0.717) is 17.1 Å². The number of nitrogens with zero attached hydrogens (tertiary/aromatic N) is 1.